The van der Waals surface area contributed by atoms with Crippen LogP contribution in [0.4, 0.5) is 0 Å². The predicted octanol–water partition coefficient (Wildman–Crippen LogP) is 3.06. The quantitative estimate of drug-likeness (QED) is 0.818. The van der Waals surface area contributed by atoms with Gasteiger partial charge in [0.15, 0.2) is 0 Å². The van der Waals surface area contributed by atoms with E-state index in [0.717, 1.165) is 16.0 Å². The van der Waals surface area contributed by atoms with E-state index in [0.29, 0.717) is 5.56 Å². The van der Waals surface area contributed by atoms with Crippen LogP contribution in [0.2, 0.25) is 0 Å². The van der Waals surface area contributed by atoms with Crippen LogP contribution < -0.4 is 0 Å². The molecule has 15 heavy (non-hydrogen) atoms. The number of carbonyl (C=O) groups is 1. The van der Waals surface area contributed by atoms with Gasteiger partial charge in [-0.25, -0.2) is 4.79 Å². The lowest BCUT2D eigenvalue weighted by atomic mass is 10.1. The fourth-order valence-corrected chi connectivity index (χ4v) is 2.60. The van der Waals surface area contributed by atoms with Gasteiger partial charge in [0.25, 0.3) is 0 Å². The number of thiophene rings is 1. The van der Waals surface area contributed by atoms with Gasteiger partial charge in [-0.1, -0.05) is 0 Å². The van der Waals surface area contributed by atoms with Gasteiger partial charge in [-0.15, -0.1) is 11.3 Å². The Balaban J connectivity index is 2.58. The number of H-pyrrole nitrogens is 1. The van der Waals surface area contributed by atoms with Crippen LogP contribution in [-0.2, 0) is 0 Å². The van der Waals surface area contributed by atoms with E-state index < -0.39 is 5.97 Å². The molecule has 0 radical (unpaired) electrons. The standard InChI is InChI=1S/C11H11NO2S/c1-6-3-8(7(2)15-6)9-4-12-5-10(9)11(13)14/h3-5,12H,1-2H3,(H,13,14). The number of nitrogens with one attached hydrogen (secondary N) is 1. The van der Waals surface area contributed by atoms with Crippen molar-refractivity contribution in [1.29, 1.82) is 0 Å². The van der Waals surface area contributed by atoms with E-state index >= 15 is 0 Å². The van der Waals surface area contributed by atoms with Crippen molar-refractivity contribution in [2.24, 2.45) is 0 Å². The Kier molecular flexibility index (Phi) is 2.36. The van der Waals surface area contributed by atoms with Gasteiger partial charge in [0.05, 0.1) is 5.56 Å². The van der Waals surface area contributed by atoms with Crippen molar-refractivity contribution in [2.45, 2.75) is 13.8 Å². The van der Waals surface area contributed by atoms with Crippen LogP contribution in [0.25, 0.3) is 11.1 Å². The third-order valence-corrected chi connectivity index (χ3v) is 3.27. The molecule has 0 spiro atoms. The lowest BCUT2D eigenvalue weighted by molar-refractivity contribution is 0.0698. The van der Waals surface area contributed by atoms with Crippen LogP contribution in [0.1, 0.15) is 20.1 Å². The topological polar surface area (TPSA) is 53.1 Å². The molecule has 0 bridgehead atoms. The number of carboxylic acids is 1. The van der Waals surface area contributed by atoms with Crippen LogP contribution in [0, 0.1) is 13.8 Å². The zero-order chi connectivity index (χ0) is 11.0. The van der Waals surface area contributed by atoms with Crippen LogP contribution >= 0.6 is 11.3 Å². The first-order valence-corrected chi connectivity index (χ1v) is 5.38. The Labute approximate surface area is 91.4 Å². The summed E-state index contributed by atoms with van der Waals surface area (Å²) >= 11 is 1.68. The van der Waals surface area contributed by atoms with Gasteiger partial charge in [-0.2, -0.15) is 0 Å². The van der Waals surface area contributed by atoms with E-state index in [1.54, 1.807) is 17.5 Å². The van der Waals surface area contributed by atoms with Crippen molar-refractivity contribution >= 4 is 17.3 Å². The van der Waals surface area contributed by atoms with Gasteiger partial charge in [0.2, 0.25) is 0 Å². The van der Waals surface area contributed by atoms with Crippen LogP contribution in [-0.4, -0.2) is 16.1 Å². The zero-order valence-corrected chi connectivity index (χ0v) is 9.31. The lowest BCUT2D eigenvalue weighted by Crippen LogP contribution is -1.95. The van der Waals surface area contributed by atoms with Gasteiger partial charge in [0.1, 0.15) is 0 Å². The molecule has 2 aromatic heterocycles. The predicted molar refractivity (Wildman–Crippen MR) is 60.5 cm³/mol. The monoisotopic (exact) mass is 221 g/mol. The van der Waals surface area contributed by atoms with Crippen LogP contribution in [0.5, 0.6) is 0 Å². The van der Waals surface area contributed by atoms with Gasteiger partial charge < -0.3 is 10.1 Å². The molecule has 2 rings (SSSR count). The van der Waals surface area contributed by atoms with Crippen molar-refractivity contribution in [1.82, 2.24) is 4.98 Å². The number of aryl methyl sites for hydroxylation is 2. The summed E-state index contributed by atoms with van der Waals surface area (Å²) in [6.07, 6.45) is 3.25. The average Bonchev–Trinajstić information content (AvgIpc) is 2.71. The molecule has 78 valence electrons. The second-order valence-electron chi connectivity index (χ2n) is 3.41. The number of aromatic amines is 1. The van der Waals surface area contributed by atoms with E-state index in [9.17, 15) is 4.79 Å². The number of rotatable bonds is 2. The number of aromatic carboxylic acids is 1. The van der Waals surface area contributed by atoms with Gasteiger partial charge in [-0.3, -0.25) is 0 Å². The SMILES string of the molecule is Cc1cc(-c2c[nH]cc2C(=O)O)c(C)s1. The first-order valence-electron chi connectivity index (χ1n) is 4.57. The molecule has 0 aliphatic rings. The highest BCUT2D eigenvalue weighted by atomic mass is 32.1. The van der Waals surface area contributed by atoms with Gasteiger partial charge in [0, 0.05) is 27.7 Å². The number of hydrogen-bond acceptors (Lipinski definition) is 2. The molecule has 4 heteroatoms. The lowest BCUT2D eigenvalue weighted by Gasteiger charge is -1.98. The van der Waals surface area contributed by atoms with Crippen LogP contribution in [0.15, 0.2) is 18.5 Å². The summed E-state index contributed by atoms with van der Waals surface area (Å²) < 4.78 is 0. The molecule has 0 unspecified atom stereocenters. The Bertz CT molecular complexity index is 510. The van der Waals surface area contributed by atoms with Crippen molar-refractivity contribution < 1.29 is 9.90 Å². The van der Waals surface area contributed by atoms with E-state index in [2.05, 4.69) is 4.98 Å². The van der Waals surface area contributed by atoms with Gasteiger partial charge in [-0.05, 0) is 25.5 Å². The molecule has 2 aromatic rings. The van der Waals surface area contributed by atoms with Gasteiger partial charge >= 0.3 is 5.97 Å². The molecule has 0 amide bonds. The van der Waals surface area contributed by atoms with Crippen molar-refractivity contribution in [2.75, 3.05) is 0 Å². The molecule has 2 heterocycles. The summed E-state index contributed by atoms with van der Waals surface area (Å²) in [6, 6.07) is 2.02. The number of carboxylic acid groups (broad SMARTS) is 1. The van der Waals surface area contributed by atoms with Crippen LogP contribution in [0.3, 0.4) is 0 Å². The summed E-state index contributed by atoms with van der Waals surface area (Å²) in [5.41, 5.74) is 2.11. The maximum atomic E-state index is 11.0. The number of hydrogen-bond donors (Lipinski definition) is 2. The van der Waals surface area contributed by atoms with E-state index in [1.165, 1.54) is 11.1 Å². The Morgan fingerprint density at radius 1 is 1.33 bits per heavy atom. The molecule has 3 nitrogen and oxygen atoms in total. The molecular weight excluding hydrogens is 210 g/mol. The molecule has 0 aliphatic heterocycles. The summed E-state index contributed by atoms with van der Waals surface area (Å²) in [4.78, 5) is 16.1. The first kappa shape index (κ1) is 9.98. The van der Waals surface area contributed by atoms with E-state index in [4.69, 9.17) is 5.11 Å². The smallest absolute Gasteiger partial charge is 0.337 e. The van der Waals surface area contributed by atoms with Crippen molar-refractivity contribution in [3.8, 4) is 11.1 Å². The second-order valence-corrected chi connectivity index (χ2v) is 4.88. The Morgan fingerprint density at radius 3 is 2.60 bits per heavy atom. The molecular formula is C11H11NO2S. The third-order valence-electron chi connectivity index (χ3n) is 2.31. The molecule has 0 saturated heterocycles. The maximum absolute atomic E-state index is 11.0. The minimum absolute atomic E-state index is 0.330. The highest BCUT2D eigenvalue weighted by Gasteiger charge is 2.15. The summed E-state index contributed by atoms with van der Waals surface area (Å²) in [6.45, 7) is 4.03. The third kappa shape index (κ3) is 1.68. The summed E-state index contributed by atoms with van der Waals surface area (Å²) in [5.74, 6) is -0.894. The average molecular weight is 221 g/mol. The Morgan fingerprint density at radius 2 is 2.07 bits per heavy atom. The molecule has 0 aromatic carbocycles. The zero-order valence-electron chi connectivity index (χ0n) is 8.50. The summed E-state index contributed by atoms with van der Waals surface area (Å²) in [5, 5.41) is 9.00. The van der Waals surface area contributed by atoms with Crippen molar-refractivity contribution in [3.63, 3.8) is 0 Å². The maximum Gasteiger partial charge on any atom is 0.337 e. The molecule has 0 saturated carbocycles. The number of aromatic nitrogens is 1. The molecule has 0 atom stereocenters. The second kappa shape index (κ2) is 3.55. The summed E-state index contributed by atoms with van der Waals surface area (Å²) in [7, 11) is 0. The minimum atomic E-state index is -0.894. The molecule has 2 N–H and O–H groups in total. The minimum Gasteiger partial charge on any atom is -0.478 e. The van der Waals surface area contributed by atoms with Crippen molar-refractivity contribution in [3.05, 3.63) is 33.8 Å². The van der Waals surface area contributed by atoms with E-state index in [1.807, 2.05) is 19.9 Å². The molecule has 0 fully saturated rings. The van der Waals surface area contributed by atoms with E-state index in [-0.39, 0.29) is 0 Å². The molecule has 0 aliphatic carbocycles. The fraction of sp³-hybridized carbons (Fsp3) is 0.182. The largest absolute Gasteiger partial charge is 0.478 e. The highest BCUT2D eigenvalue weighted by molar-refractivity contribution is 7.12. The Hall–Kier alpha value is -1.55. The highest BCUT2D eigenvalue weighted by Crippen LogP contribution is 2.32. The fourth-order valence-electron chi connectivity index (χ4n) is 1.66. The normalized spacial score (nSPS) is 10.5. The first-order chi connectivity index (χ1) is 7.09.